The number of carboxylic acid groups (broad SMARTS) is 1. The van der Waals surface area contributed by atoms with Gasteiger partial charge in [-0.2, -0.15) is 0 Å². The molecule has 0 aliphatic carbocycles. The molecule has 0 aromatic heterocycles. The number of nitrogens with one attached hydrogen (secondary N) is 1. The molecule has 160 valence electrons. The second-order valence-electron chi connectivity index (χ2n) is 6.93. The molecule has 0 radical (unpaired) electrons. The van der Waals surface area contributed by atoms with E-state index < -0.39 is 35.9 Å². The smallest absolute Gasteiger partial charge is 0.326 e. The van der Waals surface area contributed by atoms with Crippen molar-refractivity contribution in [2.24, 2.45) is 27.9 Å². The molecule has 11 nitrogen and oxygen atoms in total. The van der Waals surface area contributed by atoms with Gasteiger partial charge >= 0.3 is 5.97 Å². The molecule has 11 heteroatoms. The molecule has 1 rings (SSSR count). The highest BCUT2D eigenvalue weighted by atomic mass is 16.4. The molecular formula is C17H33N7O4. The molecular weight excluding hydrogens is 366 g/mol. The van der Waals surface area contributed by atoms with E-state index in [1.807, 2.05) is 0 Å². The van der Waals surface area contributed by atoms with Crippen LogP contribution in [0.25, 0.3) is 0 Å². The van der Waals surface area contributed by atoms with Crippen LogP contribution in [0.5, 0.6) is 0 Å². The number of carboxylic acids is 1. The van der Waals surface area contributed by atoms with Gasteiger partial charge < -0.3 is 38.3 Å². The maximum Gasteiger partial charge on any atom is 0.326 e. The Labute approximate surface area is 164 Å². The van der Waals surface area contributed by atoms with Crippen molar-refractivity contribution >= 4 is 23.7 Å². The van der Waals surface area contributed by atoms with Crippen LogP contribution in [-0.4, -0.2) is 71.5 Å². The fourth-order valence-electron chi connectivity index (χ4n) is 3.17. The molecule has 2 amide bonds. The number of rotatable bonds is 12. The summed E-state index contributed by atoms with van der Waals surface area (Å²) in [5.74, 6) is -1.96. The summed E-state index contributed by atoms with van der Waals surface area (Å²) in [6.45, 7) is 1.16. The molecule has 0 aromatic carbocycles. The second kappa shape index (κ2) is 12.1. The molecule has 10 N–H and O–H groups in total. The Morgan fingerprint density at radius 1 is 1.18 bits per heavy atom. The largest absolute Gasteiger partial charge is 0.480 e. The first kappa shape index (κ1) is 23.6. The minimum absolute atomic E-state index is 0.0562. The van der Waals surface area contributed by atoms with Gasteiger partial charge in [-0.3, -0.25) is 14.6 Å². The number of guanidine groups is 1. The molecule has 1 fully saturated rings. The van der Waals surface area contributed by atoms with Gasteiger partial charge in [0.1, 0.15) is 12.1 Å². The minimum Gasteiger partial charge on any atom is -0.480 e. The van der Waals surface area contributed by atoms with Gasteiger partial charge in [0, 0.05) is 13.1 Å². The average molecular weight is 399 g/mol. The number of nitrogens with zero attached hydrogens (tertiary/aromatic N) is 2. The fraction of sp³-hybridized carbons (Fsp3) is 0.765. The van der Waals surface area contributed by atoms with Gasteiger partial charge in [0.2, 0.25) is 11.8 Å². The number of hydrogen-bond acceptors (Lipinski definition) is 6. The van der Waals surface area contributed by atoms with E-state index in [0.29, 0.717) is 51.7 Å². The maximum absolute atomic E-state index is 12.9. The summed E-state index contributed by atoms with van der Waals surface area (Å²) in [6.07, 6.45) is 3.66. The van der Waals surface area contributed by atoms with Gasteiger partial charge in [-0.25, -0.2) is 4.79 Å². The molecule has 0 saturated carbocycles. The first-order valence-electron chi connectivity index (χ1n) is 9.62. The van der Waals surface area contributed by atoms with E-state index in [4.69, 9.17) is 22.9 Å². The van der Waals surface area contributed by atoms with Crippen LogP contribution >= 0.6 is 0 Å². The van der Waals surface area contributed by atoms with Crippen molar-refractivity contribution in [3.8, 4) is 0 Å². The zero-order chi connectivity index (χ0) is 21.1. The van der Waals surface area contributed by atoms with Gasteiger partial charge in [0.15, 0.2) is 5.96 Å². The number of unbranched alkanes of at least 4 members (excludes halogenated alkanes) is 1. The van der Waals surface area contributed by atoms with Crippen molar-refractivity contribution < 1.29 is 19.5 Å². The molecule has 0 spiro atoms. The summed E-state index contributed by atoms with van der Waals surface area (Å²) in [5, 5.41) is 12.0. The van der Waals surface area contributed by atoms with Crippen LogP contribution in [0.4, 0.5) is 0 Å². The number of aliphatic imine (C=N–C) groups is 1. The van der Waals surface area contributed by atoms with Crippen LogP contribution in [0.2, 0.25) is 0 Å². The zero-order valence-electron chi connectivity index (χ0n) is 16.2. The summed E-state index contributed by atoms with van der Waals surface area (Å²) < 4.78 is 0. The monoisotopic (exact) mass is 399 g/mol. The number of hydrogen-bond donors (Lipinski definition) is 6. The minimum atomic E-state index is -1.05. The highest BCUT2D eigenvalue weighted by molar-refractivity contribution is 5.92. The van der Waals surface area contributed by atoms with E-state index in [2.05, 4.69) is 10.3 Å². The SMILES string of the molecule is NCCCCC(N)C(=O)NC(CCCN=C(N)N)C(=O)N1CCCC1C(=O)O. The first-order valence-corrected chi connectivity index (χ1v) is 9.62. The fourth-order valence-corrected chi connectivity index (χ4v) is 3.17. The third-order valence-corrected chi connectivity index (χ3v) is 4.69. The normalized spacial score (nSPS) is 18.4. The summed E-state index contributed by atoms with van der Waals surface area (Å²) in [5.41, 5.74) is 21.9. The maximum atomic E-state index is 12.9. The number of carbonyl (C=O) groups is 3. The first-order chi connectivity index (χ1) is 13.3. The average Bonchev–Trinajstić information content (AvgIpc) is 3.13. The van der Waals surface area contributed by atoms with E-state index in [-0.39, 0.29) is 12.4 Å². The Kier molecular flexibility index (Phi) is 10.2. The van der Waals surface area contributed by atoms with Gasteiger partial charge in [-0.1, -0.05) is 6.42 Å². The predicted molar refractivity (Wildman–Crippen MR) is 105 cm³/mol. The van der Waals surface area contributed by atoms with Crippen LogP contribution in [0.1, 0.15) is 44.9 Å². The lowest BCUT2D eigenvalue weighted by molar-refractivity contribution is -0.149. The Morgan fingerprint density at radius 2 is 1.89 bits per heavy atom. The third kappa shape index (κ3) is 7.69. The van der Waals surface area contributed by atoms with E-state index >= 15 is 0 Å². The highest BCUT2D eigenvalue weighted by Crippen LogP contribution is 2.19. The van der Waals surface area contributed by atoms with E-state index in [1.54, 1.807) is 0 Å². The summed E-state index contributed by atoms with van der Waals surface area (Å²) >= 11 is 0. The lowest BCUT2D eigenvalue weighted by Gasteiger charge is -2.28. The van der Waals surface area contributed by atoms with Crippen molar-refractivity contribution in [1.82, 2.24) is 10.2 Å². The van der Waals surface area contributed by atoms with Gasteiger partial charge in [0.25, 0.3) is 0 Å². The van der Waals surface area contributed by atoms with E-state index in [9.17, 15) is 19.5 Å². The molecule has 1 aliphatic heterocycles. The number of carbonyl (C=O) groups excluding carboxylic acids is 2. The lowest BCUT2D eigenvalue weighted by Crippen LogP contribution is -2.54. The summed E-state index contributed by atoms with van der Waals surface area (Å²) in [4.78, 5) is 41.9. The standard InChI is InChI=1S/C17H33N7O4/c18-8-2-1-5-11(19)14(25)23-12(6-3-9-22-17(20)21)15(26)24-10-4-7-13(24)16(27)28/h11-13H,1-10,18-19H2,(H,23,25)(H,27,28)(H4,20,21,22). The summed E-state index contributed by atoms with van der Waals surface area (Å²) in [7, 11) is 0. The Balaban J connectivity index is 2.77. The lowest BCUT2D eigenvalue weighted by atomic mass is 10.1. The van der Waals surface area contributed by atoms with Gasteiger partial charge in [0.05, 0.1) is 6.04 Å². The zero-order valence-corrected chi connectivity index (χ0v) is 16.2. The van der Waals surface area contributed by atoms with Crippen LogP contribution in [0.15, 0.2) is 4.99 Å². The van der Waals surface area contributed by atoms with Crippen molar-refractivity contribution in [3.05, 3.63) is 0 Å². The van der Waals surface area contributed by atoms with E-state index in [1.165, 1.54) is 4.90 Å². The highest BCUT2D eigenvalue weighted by Gasteiger charge is 2.37. The van der Waals surface area contributed by atoms with Crippen molar-refractivity contribution in [2.45, 2.75) is 63.1 Å². The van der Waals surface area contributed by atoms with Crippen molar-refractivity contribution in [3.63, 3.8) is 0 Å². The quantitative estimate of drug-likeness (QED) is 0.123. The van der Waals surface area contributed by atoms with Gasteiger partial charge in [-0.15, -0.1) is 0 Å². The van der Waals surface area contributed by atoms with Crippen molar-refractivity contribution in [1.29, 1.82) is 0 Å². The molecule has 1 saturated heterocycles. The molecule has 0 aromatic rings. The van der Waals surface area contributed by atoms with Crippen LogP contribution in [-0.2, 0) is 14.4 Å². The van der Waals surface area contributed by atoms with Gasteiger partial charge in [-0.05, 0) is 45.1 Å². The number of likely N-dealkylation sites (tertiary alicyclic amines) is 1. The third-order valence-electron chi connectivity index (χ3n) is 4.69. The number of nitrogens with two attached hydrogens (primary N) is 4. The molecule has 1 aliphatic rings. The molecule has 28 heavy (non-hydrogen) atoms. The molecule has 1 heterocycles. The molecule has 0 bridgehead atoms. The molecule has 3 atom stereocenters. The Bertz CT molecular complexity index is 566. The topological polar surface area (TPSA) is 203 Å². The Hall–Kier alpha value is -2.40. The molecule has 3 unspecified atom stereocenters. The van der Waals surface area contributed by atoms with Crippen LogP contribution in [0, 0.1) is 0 Å². The predicted octanol–water partition coefficient (Wildman–Crippen LogP) is -1.94. The van der Waals surface area contributed by atoms with E-state index in [0.717, 1.165) is 6.42 Å². The Morgan fingerprint density at radius 3 is 2.50 bits per heavy atom. The number of aliphatic carboxylic acids is 1. The second-order valence-corrected chi connectivity index (χ2v) is 6.93. The number of amides is 2. The van der Waals surface area contributed by atoms with Crippen LogP contribution in [0.3, 0.4) is 0 Å². The summed E-state index contributed by atoms with van der Waals surface area (Å²) in [6, 6.07) is -2.50. The van der Waals surface area contributed by atoms with Crippen LogP contribution < -0.4 is 28.3 Å². The van der Waals surface area contributed by atoms with Crippen molar-refractivity contribution in [2.75, 3.05) is 19.6 Å².